The minimum atomic E-state index is -1.92. The van der Waals surface area contributed by atoms with Crippen molar-refractivity contribution in [2.24, 2.45) is 5.92 Å². The molecule has 0 bridgehead atoms. The van der Waals surface area contributed by atoms with Crippen molar-refractivity contribution >= 4 is 28.3 Å². The zero-order chi connectivity index (χ0) is 56.2. The quantitative estimate of drug-likeness (QED) is 0.0257. The summed E-state index contributed by atoms with van der Waals surface area (Å²) in [4.78, 5) is 39.2. The third-order valence-electron chi connectivity index (χ3n) is 13.3. The molecule has 1 aliphatic heterocycles. The SMILES string of the molecule is CO[C@H](C(=O)[C@@H](O)[C@@H](C)O)[C@@H]1Cc2cc3cc(OCOC(C)[C@@H](O)COCOC(C)[C@@H](O)COC(C)=O)c(C)c(O)c3c(O)c2C(=O)[C@H]1OC(C)OC(C)[C@@H](O)COCOC(C)[C@H](O)COC1OC(C)[C@@H](O)C1(C)O. The summed E-state index contributed by atoms with van der Waals surface area (Å²) in [6, 6.07) is 2.99. The fraction of sp³-hybridized carbons (Fsp3) is 0.740. The number of carbonyl (C=O) groups is 3. The number of rotatable bonds is 32. The summed E-state index contributed by atoms with van der Waals surface area (Å²) in [6.07, 6.45) is -19.3. The molecule has 0 aromatic heterocycles. The van der Waals surface area contributed by atoms with Crippen LogP contribution in [0.1, 0.15) is 83.8 Å². The van der Waals surface area contributed by atoms with Gasteiger partial charge in [-0.1, -0.05) is 0 Å². The average Bonchev–Trinajstić information content (AvgIpc) is 3.55. The van der Waals surface area contributed by atoms with Crippen molar-refractivity contribution in [3.63, 3.8) is 0 Å². The highest BCUT2D eigenvalue weighted by atomic mass is 16.7. The van der Waals surface area contributed by atoms with E-state index in [2.05, 4.69) is 0 Å². The molecule has 25 heteroatoms. The molecular formula is C50H78O25. The number of benzene rings is 2. The number of phenols is 2. The van der Waals surface area contributed by atoms with Gasteiger partial charge in [0.05, 0.1) is 67.4 Å². The molecule has 1 heterocycles. The molecule has 0 spiro atoms. The number of carbonyl (C=O) groups excluding carboxylic acids is 3. The lowest BCUT2D eigenvalue weighted by Gasteiger charge is -2.38. The van der Waals surface area contributed by atoms with Gasteiger partial charge < -0.3 is 108 Å². The van der Waals surface area contributed by atoms with Gasteiger partial charge in [0.1, 0.15) is 91.9 Å². The van der Waals surface area contributed by atoms with Crippen LogP contribution in [0.5, 0.6) is 17.2 Å². The van der Waals surface area contributed by atoms with Gasteiger partial charge in [-0.15, -0.1) is 0 Å². The van der Waals surface area contributed by atoms with Gasteiger partial charge in [0.25, 0.3) is 0 Å². The van der Waals surface area contributed by atoms with Gasteiger partial charge >= 0.3 is 5.97 Å². The van der Waals surface area contributed by atoms with Crippen LogP contribution in [0.15, 0.2) is 12.1 Å². The van der Waals surface area contributed by atoms with Gasteiger partial charge in [-0.2, -0.15) is 0 Å². The Kier molecular flexibility index (Phi) is 24.4. The van der Waals surface area contributed by atoms with Crippen molar-refractivity contribution in [2.45, 2.75) is 179 Å². The van der Waals surface area contributed by atoms with Crippen LogP contribution in [0, 0.1) is 12.8 Å². The number of ketones is 2. The summed E-state index contributed by atoms with van der Waals surface area (Å²) < 4.78 is 66.5. The number of hydrogen-bond acceptors (Lipinski definition) is 25. The smallest absolute Gasteiger partial charge is 0.302 e. The molecule has 75 heavy (non-hydrogen) atoms. The molecule has 18 atom stereocenters. The molecule has 10 N–H and O–H groups in total. The number of hydrogen-bond donors (Lipinski definition) is 10. The number of aromatic hydroxyl groups is 2. The van der Waals surface area contributed by atoms with Gasteiger partial charge in [-0.25, -0.2) is 0 Å². The molecule has 1 fully saturated rings. The van der Waals surface area contributed by atoms with Gasteiger partial charge in [-0.3, -0.25) is 14.4 Å². The Balaban J connectivity index is 1.42. The highest BCUT2D eigenvalue weighted by molar-refractivity contribution is 6.11. The third kappa shape index (κ3) is 16.6. The maximum atomic E-state index is 14.6. The van der Waals surface area contributed by atoms with Crippen LogP contribution in [0.25, 0.3) is 10.8 Å². The number of Topliss-reactive ketones (excluding diaryl/α,β-unsaturated/α-hetero) is 2. The molecule has 25 nitrogen and oxygen atoms in total. The standard InChI is InChI=1S/C50H78O25/c1-22-38(72-21-71-24(3)34(53)15-65-19-69-25(4)36(55)17-67-29(8)52)14-32-12-31-13-33(46(64-11)45(61)42(58)23(2)51)47(44(60)40(31)43(59)39(32)41(22)57)75-30(9)73-27(6)35(54)16-66-20-70-26(5)37(56)18-68-49-50(10,63)48(62)28(7)74-49/h12,14,23-28,30,33-37,42,46-49,51,53-59,62-63H,13,15-21H2,1-11H3/t23-,24?,25?,26?,27?,28?,30?,33+,34+,35+,36+,37-,42+,46+,47+,48-,49?,50?/m1/s1. The summed E-state index contributed by atoms with van der Waals surface area (Å²) in [5.74, 6) is -4.52. The second-order valence-electron chi connectivity index (χ2n) is 19.3. The second-order valence-corrected chi connectivity index (χ2v) is 19.3. The molecule has 0 saturated carbocycles. The minimum Gasteiger partial charge on any atom is -0.507 e. The van der Waals surface area contributed by atoms with Crippen LogP contribution in [0.3, 0.4) is 0 Å². The first-order chi connectivity index (χ1) is 35.1. The summed E-state index contributed by atoms with van der Waals surface area (Å²) in [5, 5.41) is 107. The fourth-order valence-corrected chi connectivity index (χ4v) is 8.26. The highest BCUT2D eigenvalue weighted by Gasteiger charge is 2.52. The Labute approximate surface area is 434 Å². The Morgan fingerprint density at radius 1 is 0.800 bits per heavy atom. The Morgan fingerprint density at radius 2 is 1.35 bits per heavy atom. The normalized spacial score (nSPS) is 25.8. The van der Waals surface area contributed by atoms with Gasteiger partial charge in [0.15, 0.2) is 30.9 Å². The highest BCUT2D eigenvalue weighted by Crippen LogP contribution is 2.46. The van der Waals surface area contributed by atoms with E-state index in [1.165, 1.54) is 67.7 Å². The monoisotopic (exact) mass is 1080 g/mol. The lowest BCUT2D eigenvalue weighted by atomic mass is 9.75. The molecule has 4 rings (SSSR count). The first-order valence-corrected chi connectivity index (χ1v) is 24.6. The molecule has 1 saturated heterocycles. The van der Waals surface area contributed by atoms with Crippen molar-refractivity contribution in [1.29, 1.82) is 0 Å². The van der Waals surface area contributed by atoms with Crippen LogP contribution in [-0.4, -0.2) is 226 Å². The predicted octanol–water partition coefficient (Wildman–Crippen LogP) is -0.244. The lowest BCUT2D eigenvalue weighted by Crippen LogP contribution is -2.52. The molecule has 2 aromatic rings. The van der Waals surface area contributed by atoms with E-state index in [4.69, 9.17) is 56.8 Å². The molecular weight excluding hydrogens is 1000 g/mol. The summed E-state index contributed by atoms with van der Waals surface area (Å²) in [7, 11) is 1.17. The van der Waals surface area contributed by atoms with Crippen LogP contribution < -0.4 is 4.74 Å². The first-order valence-electron chi connectivity index (χ1n) is 24.6. The molecule has 8 unspecified atom stereocenters. The van der Waals surface area contributed by atoms with E-state index in [1.807, 2.05) is 0 Å². The maximum absolute atomic E-state index is 14.6. The minimum absolute atomic E-state index is 0.107. The van der Waals surface area contributed by atoms with Gasteiger partial charge in [-0.05, 0) is 91.8 Å². The average molecular weight is 1080 g/mol. The van der Waals surface area contributed by atoms with Crippen LogP contribution in [0.2, 0.25) is 0 Å². The zero-order valence-corrected chi connectivity index (χ0v) is 44.2. The number of methoxy groups -OCH3 is 1. The van der Waals surface area contributed by atoms with E-state index in [0.717, 1.165) is 0 Å². The molecule has 1 aliphatic carbocycles. The van der Waals surface area contributed by atoms with E-state index in [9.17, 15) is 65.4 Å². The van der Waals surface area contributed by atoms with E-state index < -0.39 is 145 Å². The summed E-state index contributed by atoms with van der Waals surface area (Å²) in [5.41, 5.74) is -1.59. The number of aliphatic hydroxyl groups is 8. The third-order valence-corrected chi connectivity index (χ3v) is 13.3. The van der Waals surface area contributed by atoms with Gasteiger partial charge in [0, 0.05) is 25.5 Å². The van der Waals surface area contributed by atoms with Gasteiger partial charge in [0.2, 0.25) is 0 Å². The van der Waals surface area contributed by atoms with Crippen LogP contribution in [0.4, 0.5) is 0 Å². The topological polar surface area (TPSA) is 364 Å². The molecule has 0 radical (unpaired) electrons. The Morgan fingerprint density at radius 3 is 1.88 bits per heavy atom. The van der Waals surface area contributed by atoms with E-state index in [-0.39, 0.29) is 79.6 Å². The number of fused-ring (bicyclic) bond motifs is 2. The van der Waals surface area contributed by atoms with Crippen molar-refractivity contribution in [3.8, 4) is 17.2 Å². The molecule has 2 aliphatic rings. The lowest BCUT2D eigenvalue weighted by molar-refractivity contribution is -0.221. The van der Waals surface area contributed by atoms with Crippen LogP contribution >= 0.6 is 0 Å². The van der Waals surface area contributed by atoms with Crippen molar-refractivity contribution < 1.29 is 122 Å². The summed E-state index contributed by atoms with van der Waals surface area (Å²) in [6.45, 7) is 12.2. The number of phenolic OH excluding ortho intramolecular Hbond substituents is 2. The largest absolute Gasteiger partial charge is 0.507 e. The number of aliphatic hydroxyl groups excluding tert-OH is 7. The molecule has 0 amide bonds. The van der Waals surface area contributed by atoms with E-state index in [0.29, 0.717) is 0 Å². The fourth-order valence-electron chi connectivity index (χ4n) is 8.26. The first kappa shape index (κ1) is 63.7. The Bertz CT molecular complexity index is 2150. The predicted molar refractivity (Wildman–Crippen MR) is 258 cm³/mol. The molecule has 2 aromatic carbocycles. The number of esters is 1. The second kappa shape index (κ2) is 28.7. The zero-order valence-electron chi connectivity index (χ0n) is 44.2. The van der Waals surface area contributed by atoms with Crippen molar-refractivity contribution in [2.75, 3.05) is 53.9 Å². The Hall–Kier alpha value is -3.81. The van der Waals surface area contributed by atoms with Crippen LogP contribution in [-0.2, 0) is 68.1 Å². The van der Waals surface area contributed by atoms with E-state index in [1.54, 1.807) is 20.8 Å². The van der Waals surface area contributed by atoms with Crippen molar-refractivity contribution in [3.05, 3.63) is 28.8 Å². The molecule has 428 valence electrons. The number of ether oxygens (including phenoxy) is 12. The summed E-state index contributed by atoms with van der Waals surface area (Å²) >= 11 is 0. The van der Waals surface area contributed by atoms with Crippen molar-refractivity contribution in [1.82, 2.24) is 0 Å². The van der Waals surface area contributed by atoms with E-state index >= 15 is 0 Å². The maximum Gasteiger partial charge on any atom is 0.302 e.